The van der Waals surface area contributed by atoms with Crippen molar-refractivity contribution >= 4 is 10.3 Å². The van der Waals surface area contributed by atoms with Gasteiger partial charge in [0.05, 0.1) is 6.07 Å². The number of aromatic nitrogens is 2. The van der Waals surface area contributed by atoms with Crippen LogP contribution in [0.2, 0.25) is 0 Å². The summed E-state index contributed by atoms with van der Waals surface area (Å²) in [6, 6.07) is 0.830. The van der Waals surface area contributed by atoms with Gasteiger partial charge in [-0.25, -0.2) is 0 Å². The Balaban J connectivity index is 3.85. The molecule has 3 N–H and O–H groups in total. The first-order valence-corrected chi connectivity index (χ1v) is 3.62. The van der Waals surface area contributed by atoms with Crippen LogP contribution in [-0.2, 0) is 10.3 Å². The minimum Gasteiger partial charge on any atom is -0.494 e. The van der Waals surface area contributed by atoms with E-state index >= 15 is 0 Å². The number of H-pyrrole nitrogens is 2. The van der Waals surface area contributed by atoms with E-state index in [1.54, 1.807) is 0 Å². The number of nitrogens with one attached hydrogen (secondary N) is 2. The normalized spacial score (nSPS) is 9.45. The molecular weight excluding hydrogens is 172 g/mol. The van der Waals surface area contributed by atoms with Gasteiger partial charge in [-0.2, -0.15) is 8.42 Å². The van der Waals surface area contributed by atoms with Crippen molar-refractivity contribution in [2.45, 2.75) is 0 Å². The van der Waals surface area contributed by atoms with Crippen molar-refractivity contribution in [3.63, 3.8) is 0 Å². The Morgan fingerprint density at radius 3 is 2.45 bits per heavy atom. The molecule has 0 aromatic carbocycles. The maximum Gasteiger partial charge on any atom is 0.256 e. The number of hydrogen-bond donors (Lipinski definition) is 3. The SMILES string of the molecule is O=c1cc(O)[nH]c(=S(=O)=O)[nH]1. The molecule has 6 nitrogen and oxygen atoms in total. The first kappa shape index (κ1) is 7.61. The van der Waals surface area contributed by atoms with Gasteiger partial charge in [-0.05, 0) is 0 Å². The summed E-state index contributed by atoms with van der Waals surface area (Å²) in [5.74, 6) is -0.493. The average Bonchev–Trinajstić information content (AvgIpc) is 1.85. The maximum absolute atomic E-state index is 10.5. The van der Waals surface area contributed by atoms with E-state index in [4.69, 9.17) is 5.11 Å². The highest BCUT2D eigenvalue weighted by Crippen LogP contribution is 1.92. The van der Waals surface area contributed by atoms with Gasteiger partial charge < -0.3 is 5.11 Å². The van der Waals surface area contributed by atoms with Crippen LogP contribution in [0.15, 0.2) is 10.9 Å². The average molecular weight is 176 g/mol. The van der Waals surface area contributed by atoms with Gasteiger partial charge in [0.1, 0.15) is 0 Å². The largest absolute Gasteiger partial charge is 0.494 e. The van der Waals surface area contributed by atoms with Crippen molar-refractivity contribution in [1.29, 1.82) is 0 Å². The third-order valence-corrected chi connectivity index (χ3v) is 1.45. The molecule has 0 radical (unpaired) electrons. The zero-order chi connectivity index (χ0) is 8.43. The zero-order valence-electron chi connectivity index (χ0n) is 5.16. The Kier molecular flexibility index (Phi) is 1.81. The topological polar surface area (TPSA) is 103 Å². The van der Waals surface area contributed by atoms with Gasteiger partial charge in [0.25, 0.3) is 15.9 Å². The Bertz CT molecular complexity index is 471. The molecular formula is C4H4N2O4S. The Labute approximate surface area is 61.7 Å². The summed E-state index contributed by atoms with van der Waals surface area (Å²) < 4.78 is 19.9. The van der Waals surface area contributed by atoms with Crippen molar-refractivity contribution in [2.75, 3.05) is 0 Å². The summed E-state index contributed by atoms with van der Waals surface area (Å²) in [7, 11) is -2.57. The second-order valence-corrected chi connectivity index (χ2v) is 2.59. The van der Waals surface area contributed by atoms with Crippen LogP contribution in [0.5, 0.6) is 5.88 Å². The van der Waals surface area contributed by atoms with E-state index in [1.165, 1.54) is 0 Å². The molecule has 0 aliphatic rings. The van der Waals surface area contributed by atoms with E-state index in [-0.39, 0.29) is 0 Å². The first-order valence-electron chi connectivity index (χ1n) is 2.54. The molecule has 0 saturated heterocycles. The van der Waals surface area contributed by atoms with Gasteiger partial charge in [0.2, 0.25) is 4.77 Å². The highest BCUT2D eigenvalue weighted by molar-refractivity contribution is 7.63. The number of hydrogen-bond acceptors (Lipinski definition) is 4. The second kappa shape index (κ2) is 2.62. The van der Waals surface area contributed by atoms with E-state index in [0.29, 0.717) is 0 Å². The first-order chi connectivity index (χ1) is 5.09. The Morgan fingerprint density at radius 1 is 1.36 bits per heavy atom. The van der Waals surface area contributed by atoms with E-state index in [0.717, 1.165) is 6.07 Å². The molecule has 1 aromatic rings. The molecule has 0 unspecified atom stereocenters. The van der Waals surface area contributed by atoms with Crippen LogP contribution < -0.4 is 5.56 Å². The van der Waals surface area contributed by atoms with Gasteiger partial charge in [-0.3, -0.25) is 14.8 Å². The quantitative estimate of drug-likeness (QED) is 0.433. The monoisotopic (exact) mass is 176 g/mol. The molecule has 0 atom stereocenters. The molecule has 1 rings (SSSR count). The smallest absolute Gasteiger partial charge is 0.256 e. The highest BCUT2D eigenvalue weighted by Gasteiger charge is 1.90. The van der Waals surface area contributed by atoms with Gasteiger partial charge in [0, 0.05) is 0 Å². The summed E-state index contributed by atoms with van der Waals surface area (Å²) in [6.07, 6.45) is 0. The Morgan fingerprint density at radius 2 is 2.00 bits per heavy atom. The molecule has 0 fully saturated rings. The lowest BCUT2D eigenvalue weighted by atomic mass is 10.6. The predicted octanol–water partition coefficient (Wildman–Crippen LogP) is -1.18. The molecule has 11 heavy (non-hydrogen) atoms. The van der Waals surface area contributed by atoms with E-state index < -0.39 is 26.5 Å². The van der Waals surface area contributed by atoms with Crippen molar-refractivity contribution in [1.82, 2.24) is 9.97 Å². The zero-order valence-corrected chi connectivity index (χ0v) is 5.97. The summed E-state index contributed by atoms with van der Waals surface area (Å²) in [6.45, 7) is 0. The van der Waals surface area contributed by atoms with E-state index in [1.807, 2.05) is 9.97 Å². The molecule has 0 saturated carbocycles. The van der Waals surface area contributed by atoms with Crippen LogP contribution in [0.3, 0.4) is 0 Å². The third kappa shape index (κ3) is 1.71. The van der Waals surface area contributed by atoms with Gasteiger partial charge in [-0.1, -0.05) is 0 Å². The van der Waals surface area contributed by atoms with Crippen LogP contribution in [-0.4, -0.2) is 23.5 Å². The molecule has 0 amide bonds. The molecule has 0 aliphatic carbocycles. The summed E-state index contributed by atoms with van der Waals surface area (Å²) in [5.41, 5.74) is -0.680. The van der Waals surface area contributed by atoms with E-state index in [2.05, 4.69) is 0 Å². The van der Waals surface area contributed by atoms with Crippen LogP contribution in [0.4, 0.5) is 0 Å². The fraction of sp³-hybridized carbons (Fsp3) is 0. The lowest BCUT2D eigenvalue weighted by Gasteiger charge is -1.86. The minimum absolute atomic E-state index is 0.449. The standard InChI is InChI=1S/C4H4N2O4S/c7-2-1-3(8)6-4(5-2)11(9)10/h1,5,7H,(H,6,8). The van der Waals surface area contributed by atoms with Crippen molar-refractivity contribution in [3.05, 3.63) is 21.2 Å². The van der Waals surface area contributed by atoms with Crippen molar-refractivity contribution in [3.8, 4) is 5.88 Å². The predicted molar refractivity (Wildman–Crippen MR) is 35.2 cm³/mol. The molecule has 60 valence electrons. The second-order valence-electron chi connectivity index (χ2n) is 1.71. The maximum atomic E-state index is 10.5. The lowest BCUT2D eigenvalue weighted by Crippen LogP contribution is -2.05. The molecule has 0 bridgehead atoms. The minimum atomic E-state index is -2.57. The summed E-state index contributed by atoms with van der Waals surface area (Å²) in [5, 5.41) is 8.69. The molecule has 7 heteroatoms. The number of aromatic amines is 2. The fourth-order valence-electron chi connectivity index (χ4n) is 0.539. The van der Waals surface area contributed by atoms with Crippen LogP contribution in [0, 0.1) is 4.77 Å². The molecule has 0 spiro atoms. The van der Waals surface area contributed by atoms with Crippen molar-refractivity contribution < 1.29 is 13.5 Å². The Hall–Kier alpha value is -1.50. The lowest BCUT2D eigenvalue weighted by molar-refractivity contribution is 0.449. The van der Waals surface area contributed by atoms with Crippen LogP contribution in [0.25, 0.3) is 0 Å². The van der Waals surface area contributed by atoms with Crippen LogP contribution >= 0.6 is 0 Å². The molecule has 1 aromatic heterocycles. The van der Waals surface area contributed by atoms with Crippen molar-refractivity contribution in [2.24, 2.45) is 0 Å². The van der Waals surface area contributed by atoms with E-state index in [9.17, 15) is 13.2 Å². The van der Waals surface area contributed by atoms with Gasteiger partial charge >= 0.3 is 0 Å². The third-order valence-electron chi connectivity index (χ3n) is 0.913. The fourth-order valence-corrected chi connectivity index (χ4v) is 0.911. The number of rotatable bonds is 0. The van der Waals surface area contributed by atoms with Crippen LogP contribution in [0.1, 0.15) is 0 Å². The van der Waals surface area contributed by atoms with Gasteiger partial charge in [-0.15, -0.1) is 0 Å². The summed E-state index contributed by atoms with van der Waals surface area (Å²) >= 11 is 0. The van der Waals surface area contributed by atoms with Gasteiger partial charge in [0.15, 0.2) is 5.88 Å². The number of aromatic hydroxyl groups is 1. The molecule has 0 aliphatic heterocycles. The summed E-state index contributed by atoms with van der Waals surface area (Å²) in [4.78, 5) is 14.5. The highest BCUT2D eigenvalue weighted by atomic mass is 32.2. The molecule has 1 heterocycles.